The minimum absolute atomic E-state index is 0.0845. The second-order valence-electron chi connectivity index (χ2n) is 2.75. The van der Waals surface area contributed by atoms with Crippen LogP contribution in [0.3, 0.4) is 0 Å². The summed E-state index contributed by atoms with van der Waals surface area (Å²) in [6, 6.07) is -1.24. The predicted molar refractivity (Wildman–Crippen MR) is 52.1 cm³/mol. The Kier molecular flexibility index (Phi) is 6.03. The van der Waals surface area contributed by atoms with Crippen LogP contribution in [0.1, 0.15) is 6.92 Å². The molecule has 0 aromatic heterocycles. The standard InChI is InChI=1S/C8H15N3O4/c1-5(10-4-6(12)15-3)7(13)11-8(14)9-2/h5,10H,4H2,1-3H3,(H2,9,11,13,14). The first-order chi connectivity index (χ1) is 7.01. The van der Waals surface area contributed by atoms with Gasteiger partial charge in [-0.1, -0.05) is 0 Å². The van der Waals surface area contributed by atoms with Crippen LogP contribution in [0.15, 0.2) is 0 Å². The molecule has 0 saturated carbocycles. The molecule has 0 aromatic rings. The number of amides is 3. The first kappa shape index (κ1) is 13.4. The Hall–Kier alpha value is -1.63. The molecule has 15 heavy (non-hydrogen) atoms. The van der Waals surface area contributed by atoms with Crippen LogP contribution in [0.4, 0.5) is 4.79 Å². The van der Waals surface area contributed by atoms with Crippen molar-refractivity contribution in [2.45, 2.75) is 13.0 Å². The summed E-state index contributed by atoms with van der Waals surface area (Å²) in [5.74, 6) is -0.993. The van der Waals surface area contributed by atoms with Gasteiger partial charge in [-0.2, -0.15) is 0 Å². The van der Waals surface area contributed by atoms with E-state index in [1.54, 1.807) is 0 Å². The van der Waals surface area contributed by atoms with E-state index in [1.165, 1.54) is 21.1 Å². The van der Waals surface area contributed by atoms with E-state index in [2.05, 4.69) is 20.7 Å². The Morgan fingerprint density at radius 2 is 1.93 bits per heavy atom. The van der Waals surface area contributed by atoms with Crippen molar-refractivity contribution in [2.24, 2.45) is 0 Å². The lowest BCUT2D eigenvalue weighted by atomic mass is 10.3. The number of hydrogen-bond donors (Lipinski definition) is 3. The van der Waals surface area contributed by atoms with Crippen LogP contribution in [0.2, 0.25) is 0 Å². The van der Waals surface area contributed by atoms with E-state index in [-0.39, 0.29) is 6.54 Å². The van der Waals surface area contributed by atoms with E-state index in [1.807, 2.05) is 0 Å². The number of esters is 1. The van der Waals surface area contributed by atoms with E-state index in [0.29, 0.717) is 0 Å². The van der Waals surface area contributed by atoms with Crippen molar-refractivity contribution in [3.05, 3.63) is 0 Å². The molecule has 0 saturated heterocycles. The summed E-state index contributed by atoms with van der Waals surface area (Å²) in [6.07, 6.45) is 0. The summed E-state index contributed by atoms with van der Waals surface area (Å²) in [7, 11) is 2.65. The molecule has 0 spiro atoms. The monoisotopic (exact) mass is 217 g/mol. The van der Waals surface area contributed by atoms with Gasteiger partial charge >= 0.3 is 12.0 Å². The van der Waals surface area contributed by atoms with Crippen molar-refractivity contribution in [3.8, 4) is 0 Å². The number of urea groups is 1. The predicted octanol–water partition coefficient (Wildman–Crippen LogP) is -1.41. The fraction of sp³-hybridized carbons (Fsp3) is 0.625. The molecule has 0 heterocycles. The third-order valence-electron chi connectivity index (χ3n) is 1.64. The molecule has 0 bridgehead atoms. The van der Waals surface area contributed by atoms with E-state index in [4.69, 9.17) is 0 Å². The van der Waals surface area contributed by atoms with Gasteiger partial charge in [-0.25, -0.2) is 4.79 Å². The summed E-state index contributed by atoms with van der Waals surface area (Å²) in [5, 5.41) is 6.90. The largest absolute Gasteiger partial charge is 0.468 e. The highest BCUT2D eigenvalue weighted by molar-refractivity contribution is 5.96. The molecule has 0 aliphatic rings. The number of rotatable bonds is 4. The maximum atomic E-state index is 11.2. The molecule has 0 aliphatic carbocycles. The second-order valence-corrected chi connectivity index (χ2v) is 2.75. The van der Waals surface area contributed by atoms with Crippen LogP contribution in [0.5, 0.6) is 0 Å². The molecular weight excluding hydrogens is 202 g/mol. The Morgan fingerprint density at radius 3 is 2.40 bits per heavy atom. The summed E-state index contributed by atoms with van der Waals surface area (Å²) < 4.78 is 4.37. The molecule has 0 fully saturated rings. The first-order valence-electron chi connectivity index (χ1n) is 4.34. The van der Waals surface area contributed by atoms with Gasteiger partial charge in [0.05, 0.1) is 19.7 Å². The maximum Gasteiger partial charge on any atom is 0.321 e. The highest BCUT2D eigenvalue weighted by Gasteiger charge is 2.15. The molecule has 0 aliphatic heterocycles. The Bertz CT molecular complexity index is 254. The third kappa shape index (κ3) is 5.63. The van der Waals surface area contributed by atoms with E-state index >= 15 is 0 Å². The molecule has 3 N–H and O–H groups in total. The van der Waals surface area contributed by atoms with Crippen molar-refractivity contribution in [1.29, 1.82) is 0 Å². The van der Waals surface area contributed by atoms with Crippen molar-refractivity contribution in [1.82, 2.24) is 16.0 Å². The zero-order chi connectivity index (χ0) is 11.8. The lowest BCUT2D eigenvalue weighted by Crippen LogP contribution is -2.48. The number of carbonyl (C=O) groups excluding carboxylic acids is 3. The second kappa shape index (κ2) is 6.77. The van der Waals surface area contributed by atoms with Gasteiger partial charge in [0.25, 0.3) is 0 Å². The number of methoxy groups -OCH3 is 1. The van der Waals surface area contributed by atoms with Crippen LogP contribution >= 0.6 is 0 Å². The number of hydrogen-bond acceptors (Lipinski definition) is 5. The minimum Gasteiger partial charge on any atom is -0.468 e. The minimum atomic E-state index is -0.651. The van der Waals surface area contributed by atoms with E-state index in [0.717, 1.165) is 0 Å². The van der Waals surface area contributed by atoms with Gasteiger partial charge in [0.2, 0.25) is 5.91 Å². The number of imide groups is 1. The average molecular weight is 217 g/mol. The van der Waals surface area contributed by atoms with Crippen LogP contribution < -0.4 is 16.0 Å². The fourth-order valence-electron chi connectivity index (χ4n) is 0.684. The summed E-state index contributed by atoms with van der Waals surface area (Å²) in [4.78, 5) is 32.7. The normalized spacial score (nSPS) is 11.4. The Balaban J connectivity index is 3.89. The zero-order valence-corrected chi connectivity index (χ0v) is 8.92. The summed E-state index contributed by atoms with van der Waals surface area (Å²) >= 11 is 0. The zero-order valence-electron chi connectivity index (χ0n) is 8.92. The molecule has 0 rings (SSSR count). The van der Waals surface area contributed by atoms with Crippen molar-refractivity contribution >= 4 is 17.9 Å². The topological polar surface area (TPSA) is 96.5 Å². The van der Waals surface area contributed by atoms with Crippen molar-refractivity contribution in [3.63, 3.8) is 0 Å². The number of carbonyl (C=O) groups is 3. The Morgan fingerprint density at radius 1 is 1.33 bits per heavy atom. The molecule has 7 nitrogen and oxygen atoms in total. The highest BCUT2D eigenvalue weighted by Crippen LogP contribution is 1.82. The summed E-state index contributed by atoms with van der Waals surface area (Å²) in [6.45, 7) is 1.44. The molecule has 0 radical (unpaired) electrons. The summed E-state index contributed by atoms with van der Waals surface area (Å²) in [5.41, 5.74) is 0. The van der Waals surface area contributed by atoms with E-state index in [9.17, 15) is 14.4 Å². The van der Waals surface area contributed by atoms with Gasteiger partial charge in [0.1, 0.15) is 0 Å². The third-order valence-corrected chi connectivity index (χ3v) is 1.64. The molecule has 7 heteroatoms. The van der Waals surface area contributed by atoms with Crippen molar-refractivity contribution in [2.75, 3.05) is 20.7 Å². The lowest BCUT2D eigenvalue weighted by molar-refractivity contribution is -0.139. The van der Waals surface area contributed by atoms with Crippen LogP contribution in [0.25, 0.3) is 0 Å². The Labute approximate surface area is 87.5 Å². The highest BCUT2D eigenvalue weighted by atomic mass is 16.5. The molecular formula is C8H15N3O4. The van der Waals surface area contributed by atoms with Crippen LogP contribution in [-0.2, 0) is 14.3 Å². The van der Waals surface area contributed by atoms with Crippen LogP contribution in [-0.4, -0.2) is 44.7 Å². The van der Waals surface area contributed by atoms with Gasteiger partial charge < -0.3 is 10.1 Å². The molecule has 3 amide bonds. The van der Waals surface area contributed by atoms with E-state index < -0.39 is 23.9 Å². The SMILES string of the molecule is CNC(=O)NC(=O)C(C)NCC(=O)OC. The molecule has 1 unspecified atom stereocenters. The first-order valence-corrected chi connectivity index (χ1v) is 4.34. The lowest BCUT2D eigenvalue weighted by Gasteiger charge is -2.11. The number of ether oxygens (including phenoxy) is 1. The maximum absolute atomic E-state index is 11.2. The number of nitrogens with one attached hydrogen (secondary N) is 3. The fourth-order valence-corrected chi connectivity index (χ4v) is 0.684. The molecule has 0 aromatic carbocycles. The average Bonchev–Trinajstić information content (AvgIpc) is 2.24. The molecule has 86 valence electrons. The quantitative estimate of drug-likeness (QED) is 0.503. The van der Waals surface area contributed by atoms with Gasteiger partial charge in [-0.05, 0) is 6.92 Å². The van der Waals surface area contributed by atoms with Gasteiger partial charge in [-0.3, -0.25) is 20.2 Å². The van der Waals surface area contributed by atoms with Crippen molar-refractivity contribution < 1.29 is 19.1 Å². The smallest absolute Gasteiger partial charge is 0.321 e. The van der Waals surface area contributed by atoms with Crippen LogP contribution in [0, 0.1) is 0 Å². The van der Waals surface area contributed by atoms with Gasteiger partial charge in [-0.15, -0.1) is 0 Å². The van der Waals surface area contributed by atoms with Gasteiger partial charge in [0.15, 0.2) is 0 Å². The molecule has 1 atom stereocenters. The van der Waals surface area contributed by atoms with Gasteiger partial charge in [0, 0.05) is 7.05 Å².